The molecule has 0 bridgehead atoms. The highest BCUT2D eigenvalue weighted by Crippen LogP contribution is 2.37. The molecule has 0 saturated carbocycles. The molecule has 0 saturated heterocycles. The lowest BCUT2D eigenvalue weighted by Crippen LogP contribution is -2.10. The molecular weight excluding hydrogens is 436 g/mol. The molecule has 4 aromatic carbocycles. The zero-order valence-electron chi connectivity index (χ0n) is 22.1. The molecule has 2 heterocycles. The van der Waals surface area contributed by atoms with E-state index in [1.165, 1.54) is 55.2 Å². The molecule has 6 aromatic rings. The number of hydrogen-bond donors (Lipinski definition) is 0. The first-order chi connectivity index (χ1) is 17.1. The van der Waals surface area contributed by atoms with Gasteiger partial charge in [0.25, 0.3) is 0 Å². The van der Waals surface area contributed by atoms with Gasteiger partial charge in [0, 0.05) is 33.7 Å². The van der Waals surface area contributed by atoms with Crippen molar-refractivity contribution in [3.05, 3.63) is 108 Å². The van der Waals surface area contributed by atoms with E-state index in [0.717, 1.165) is 0 Å². The standard InChI is InChI=1S/C34H34N2/c1-33(2,3)23-18-19-32-28(20-23)26-14-7-10-17-31(26)36(32)25-13-11-12-24(21-25)35-22-29(34(4,5)6)27-15-8-9-16-30(27)35/h7-22H,1-6H3. The number of para-hydroxylation sites is 2. The molecule has 0 fully saturated rings. The Morgan fingerprint density at radius 3 is 1.86 bits per heavy atom. The lowest BCUT2D eigenvalue weighted by Gasteiger charge is -2.19. The van der Waals surface area contributed by atoms with Crippen LogP contribution >= 0.6 is 0 Å². The van der Waals surface area contributed by atoms with Crippen LogP contribution in [0.4, 0.5) is 0 Å². The first kappa shape index (κ1) is 22.7. The van der Waals surface area contributed by atoms with Crippen LogP contribution in [0.25, 0.3) is 44.1 Å². The van der Waals surface area contributed by atoms with Crippen LogP contribution in [0.3, 0.4) is 0 Å². The minimum atomic E-state index is 0.0695. The van der Waals surface area contributed by atoms with E-state index in [1.54, 1.807) is 0 Å². The van der Waals surface area contributed by atoms with E-state index in [1.807, 2.05) is 0 Å². The van der Waals surface area contributed by atoms with Gasteiger partial charge >= 0.3 is 0 Å². The van der Waals surface area contributed by atoms with Crippen molar-refractivity contribution in [1.29, 1.82) is 0 Å². The van der Waals surface area contributed by atoms with Crippen LogP contribution in [0.2, 0.25) is 0 Å². The number of rotatable bonds is 2. The fraction of sp³-hybridized carbons (Fsp3) is 0.235. The van der Waals surface area contributed by atoms with Crippen LogP contribution in [0.15, 0.2) is 97.2 Å². The maximum atomic E-state index is 2.41. The summed E-state index contributed by atoms with van der Waals surface area (Å²) >= 11 is 0. The van der Waals surface area contributed by atoms with Gasteiger partial charge in [0.1, 0.15) is 0 Å². The first-order valence-corrected chi connectivity index (χ1v) is 12.9. The van der Waals surface area contributed by atoms with Crippen molar-refractivity contribution < 1.29 is 0 Å². The van der Waals surface area contributed by atoms with Crippen LogP contribution in [-0.2, 0) is 10.8 Å². The molecule has 0 radical (unpaired) electrons. The van der Waals surface area contributed by atoms with E-state index in [0.29, 0.717) is 0 Å². The van der Waals surface area contributed by atoms with E-state index in [9.17, 15) is 0 Å². The highest BCUT2D eigenvalue weighted by atomic mass is 15.0. The number of benzene rings is 4. The van der Waals surface area contributed by atoms with Gasteiger partial charge < -0.3 is 9.13 Å². The van der Waals surface area contributed by atoms with Crippen molar-refractivity contribution in [2.45, 2.75) is 52.4 Å². The number of nitrogens with zero attached hydrogens (tertiary/aromatic N) is 2. The lowest BCUT2D eigenvalue weighted by molar-refractivity contribution is 0.591. The molecular formula is C34H34N2. The maximum Gasteiger partial charge on any atom is 0.0541 e. The largest absolute Gasteiger partial charge is 0.316 e. The lowest BCUT2D eigenvalue weighted by atomic mass is 9.86. The summed E-state index contributed by atoms with van der Waals surface area (Å²) in [6.07, 6.45) is 2.32. The zero-order chi connectivity index (χ0) is 25.2. The number of hydrogen-bond acceptors (Lipinski definition) is 0. The summed E-state index contributed by atoms with van der Waals surface area (Å²) in [5, 5.41) is 3.93. The molecule has 0 N–H and O–H groups in total. The van der Waals surface area contributed by atoms with Gasteiger partial charge in [-0.2, -0.15) is 0 Å². The molecule has 0 unspecified atom stereocenters. The average molecular weight is 471 g/mol. The van der Waals surface area contributed by atoms with Crippen molar-refractivity contribution in [1.82, 2.24) is 9.13 Å². The van der Waals surface area contributed by atoms with E-state index in [-0.39, 0.29) is 10.8 Å². The fourth-order valence-corrected chi connectivity index (χ4v) is 5.49. The summed E-state index contributed by atoms with van der Waals surface area (Å²) in [5.41, 5.74) is 9.00. The van der Waals surface area contributed by atoms with Gasteiger partial charge in [-0.1, -0.05) is 90.1 Å². The second-order valence-electron chi connectivity index (χ2n) is 12.0. The van der Waals surface area contributed by atoms with E-state index < -0.39 is 0 Å². The van der Waals surface area contributed by atoms with Gasteiger partial charge in [-0.25, -0.2) is 0 Å². The monoisotopic (exact) mass is 470 g/mol. The van der Waals surface area contributed by atoms with Gasteiger partial charge in [-0.05, 0) is 64.4 Å². The Labute approximate surface area is 213 Å². The molecule has 0 aliphatic heterocycles. The molecule has 180 valence electrons. The van der Waals surface area contributed by atoms with Crippen LogP contribution in [-0.4, -0.2) is 9.13 Å². The molecule has 36 heavy (non-hydrogen) atoms. The second-order valence-corrected chi connectivity index (χ2v) is 12.0. The fourth-order valence-electron chi connectivity index (χ4n) is 5.49. The third-order valence-electron chi connectivity index (χ3n) is 7.42. The molecule has 0 atom stereocenters. The molecule has 2 nitrogen and oxygen atoms in total. The predicted molar refractivity (Wildman–Crippen MR) is 155 cm³/mol. The average Bonchev–Trinajstić information content (AvgIpc) is 3.40. The minimum absolute atomic E-state index is 0.0695. The Hall–Kier alpha value is -3.78. The van der Waals surface area contributed by atoms with Gasteiger partial charge in [-0.3, -0.25) is 0 Å². The molecule has 0 aliphatic rings. The smallest absolute Gasteiger partial charge is 0.0541 e. The van der Waals surface area contributed by atoms with Crippen molar-refractivity contribution in [3.63, 3.8) is 0 Å². The Balaban J connectivity index is 1.60. The quantitative estimate of drug-likeness (QED) is 0.239. The Morgan fingerprint density at radius 2 is 1.14 bits per heavy atom. The van der Waals surface area contributed by atoms with Crippen molar-refractivity contribution in [2.75, 3.05) is 0 Å². The summed E-state index contributed by atoms with van der Waals surface area (Å²) in [6.45, 7) is 13.7. The predicted octanol–water partition coefficient (Wildman–Crippen LogP) is 9.32. The zero-order valence-corrected chi connectivity index (χ0v) is 22.1. The van der Waals surface area contributed by atoms with Crippen molar-refractivity contribution in [2.24, 2.45) is 0 Å². The van der Waals surface area contributed by atoms with Gasteiger partial charge in [0.2, 0.25) is 0 Å². The normalized spacial score (nSPS) is 12.7. The third kappa shape index (κ3) is 3.55. The molecule has 0 amide bonds. The Kier molecular flexibility index (Phi) is 4.95. The summed E-state index contributed by atoms with van der Waals surface area (Å²) in [7, 11) is 0. The Bertz CT molecular complexity index is 1750. The topological polar surface area (TPSA) is 9.86 Å². The van der Waals surface area contributed by atoms with Gasteiger partial charge in [0.05, 0.1) is 16.6 Å². The Morgan fingerprint density at radius 1 is 0.500 bits per heavy atom. The first-order valence-electron chi connectivity index (χ1n) is 12.9. The third-order valence-corrected chi connectivity index (χ3v) is 7.42. The molecule has 2 aromatic heterocycles. The number of aromatic nitrogens is 2. The number of fused-ring (bicyclic) bond motifs is 4. The van der Waals surface area contributed by atoms with Gasteiger partial charge in [0.15, 0.2) is 0 Å². The van der Waals surface area contributed by atoms with Crippen molar-refractivity contribution in [3.8, 4) is 11.4 Å². The highest BCUT2D eigenvalue weighted by molar-refractivity contribution is 6.09. The van der Waals surface area contributed by atoms with Crippen molar-refractivity contribution >= 4 is 32.7 Å². The maximum absolute atomic E-state index is 2.41. The molecule has 0 spiro atoms. The highest BCUT2D eigenvalue weighted by Gasteiger charge is 2.21. The van der Waals surface area contributed by atoms with Crippen LogP contribution in [0.5, 0.6) is 0 Å². The molecule has 6 rings (SSSR count). The summed E-state index contributed by atoms with van der Waals surface area (Å²) in [5.74, 6) is 0. The van der Waals surface area contributed by atoms with Crippen LogP contribution in [0.1, 0.15) is 52.7 Å². The second kappa shape index (κ2) is 7.86. The molecule has 0 aliphatic carbocycles. The van der Waals surface area contributed by atoms with Crippen LogP contribution < -0.4 is 0 Å². The summed E-state index contributed by atoms with van der Waals surface area (Å²) in [4.78, 5) is 0. The van der Waals surface area contributed by atoms with E-state index >= 15 is 0 Å². The SMILES string of the molecule is CC(C)(C)c1ccc2c(c1)c1ccccc1n2-c1cccc(-n2cc(C(C)(C)C)c3ccccc32)c1. The summed E-state index contributed by atoms with van der Waals surface area (Å²) < 4.78 is 4.77. The molecule has 2 heteroatoms. The minimum Gasteiger partial charge on any atom is -0.316 e. The summed E-state index contributed by atoms with van der Waals surface area (Å²) in [6, 6.07) is 33.4. The van der Waals surface area contributed by atoms with Crippen LogP contribution in [0, 0.1) is 0 Å². The van der Waals surface area contributed by atoms with Gasteiger partial charge in [-0.15, -0.1) is 0 Å². The van der Waals surface area contributed by atoms with E-state index in [4.69, 9.17) is 0 Å². The van der Waals surface area contributed by atoms with E-state index in [2.05, 4.69) is 148 Å².